The Labute approximate surface area is 108 Å². The molecule has 0 fully saturated rings. The predicted molar refractivity (Wildman–Crippen MR) is 73.6 cm³/mol. The molecule has 1 aromatic carbocycles. The second-order valence-corrected chi connectivity index (χ2v) is 4.43. The summed E-state index contributed by atoms with van der Waals surface area (Å²) in [6.45, 7) is 2.16. The van der Waals surface area contributed by atoms with E-state index in [2.05, 4.69) is 35.4 Å². The minimum atomic E-state index is -0.0123. The molecule has 0 aliphatic heterocycles. The molecule has 0 saturated carbocycles. The quantitative estimate of drug-likeness (QED) is 0.846. The Balaban J connectivity index is 2.01. The molecule has 2 N–H and O–H groups in total. The molecule has 1 aromatic heterocycles. The van der Waals surface area contributed by atoms with Gasteiger partial charge in [-0.05, 0) is 31.0 Å². The highest BCUT2D eigenvalue weighted by Crippen LogP contribution is 2.10. The number of nitrogens with zero attached hydrogens (tertiary/aromatic N) is 1. The zero-order valence-corrected chi connectivity index (χ0v) is 10.5. The van der Waals surface area contributed by atoms with Crippen LogP contribution < -0.4 is 5.32 Å². The Morgan fingerprint density at radius 1 is 1.22 bits per heavy atom. The minimum absolute atomic E-state index is 0.0123. The van der Waals surface area contributed by atoms with Crippen molar-refractivity contribution in [1.29, 1.82) is 0 Å². The Morgan fingerprint density at radius 3 is 2.78 bits per heavy atom. The Hall–Kier alpha value is -1.87. The molecule has 0 spiro atoms. The fourth-order valence-electron chi connectivity index (χ4n) is 1.94. The van der Waals surface area contributed by atoms with Crippen LogP contribution in [0.15, 0.2) is 48.7 Å². The highest BCUT2D eigenvalue weighted by atomic mass is 16.3. The molecule has 18 heavy (non-hydrogen) atoms. The predicted octanol–water partition coefficient (Wildman–Crippen LogP) is 2.41. The van der Waals surface area contributed by atoms with Gasteiger partial charge >= 0.3 is 0 Å². The van der Waals surface area contributed by atoms with Gasteiger partial charge in [0.05, 0.1) is 12.6 Å². The first kappa shape index (κ1) is 12.6. The zero-order chi connectivity index (χ0) is 12.8. The molecule has 1 heterocycles. The summed E-state index contributed by atoms with van der Waals surface area (Å²) in [7, 11) is 0. The number of hydrogen-bond acceptors (Lipinski definition) is 3. The van der Waals surface area contributed by atoms with E-state index in [1.165, 1.54) is 11.1 Å². The molecule has 3 nitrogen and oxygen atoms in total. The van der Waals surface area contributed by atoms with Gasteiger partial charge < -0.3 is 10.4 Å². The van der Waals surface area contributed by atoms with Gasteiger partial charge in [0.1, 0.15) is 5.82 Å². The summed E-state index contributed by atoms with van der Waals surface area (Å²) in [6.07, 6.45) is 2.53. The number of aliphatic hydroxyl groups excluding tert-OH is 1. The second-order valence-electron chi connectivity index (χ2n) is 4.43. The summed E-state index contributed by atoms with van der Waals surface area (Å²) in [6, 6.07) is 14.0. The molecule has 1 atom stereocenters. The average molecular weight is 242 g/mol. The molecule has 0 saturated heterocycles. The van der Waals surface area contributed by atoms with Crippen LogP contribution in [0.1, 0.15) is 11.1 Å². The van der Waals surface area contributed by atoms with E-state index in [1.54, 1.807) is 6.20 Å². The highest BCUT2D eigenvalue weighted by molar-refractivity contribution is 5.35. The zero-order valence-electron chi connectivity index (χ0n) is 10.5. The summed E-state index contributed by atoms with van der Waals surface area (Å²) >= 11 is 0. The number of pyridine rings is 1. The number of benzene rings is 1. The van der Waals surface area contributed by atoms with Crippen molar-refractivity contribution in [2.24, 2.45) is 0 Å². The molecular weight excluding hydrogens is 224 g/mol. The lowest BCUT2D eigenvalue weighted by Gasteiger charge is -2.17. The van der Waals surface area contributed by atoms with Crippen molar-refractivity contribution in [1.82, 2.24) is 4.98 Å². The van der Waals surface area contributed by atoms with E-state index >= 15 is 0 Å². The van der Waals surface area contributed by atoms with Gasteiger partial charge in [0, 0.05) is 6.20 Å². The summed E-state index contributed by atoms with van der Waals surface area (Å²) in [5, 5.41) is 12.7. The summed E-state index contributed by atoms with van der Waals surface area (Å²) < 4.78 is 0. The van der Waals surface area contributed by atoms with Crippen molar-refractivity contribution < 1.29 is 5.11 Å². The monoisotopic (exact) mass is 242 g/mol. The average Bonchev–Trinajstić information content (AvgIpc) is 2.39. The number of aryl methyl sites for hydroxylation is 1. The summed E-state index contributed by atoms with van der Waals surface area (Å²) in [5.41, 5.74) is 2.46. The van der Waals surface area contributed by atoms with E-state index in [1.807, 2.05) is 24.3 Å². The van der Waals surface area contributed by atoms with E-state index in [-0.39, 0.29) is 12.6 Å². The molecule has 0 aliphatic rings. The number of aliphatic hydroxyl groups is 1. The minimum Gasteiger partial charge on any atom is -0.394 e. The van der Waals surface area contributed by atoms with Crippen molar-refractivity contribution in [3.8, 4) is 0 Å². The molecule has 0 radical (unpaired) electrons. The van der Waals surface area contributed by atoms with Crippen molar-refractivity contribution >= 4 is 5.82 Å². The van der Waals surface area contributed by atoms with Crippen LogP contribution in [0.3, 0.4) is 0 Å². The largest absolute Gasteiger partial charge is 0.394 e. The number of anilines is 1. The number of nitrogens with one attached hydrogen (secondary N) is 1. The number of rotatable bonds is 5. The van der Waals surface area contributed by atoms with Gasteiger partial charge in [-0.25, -0.2) is 4.98 Å². The van der Waals surface area contributed by atoms with Crippen molar-refractivity contribution in [2.75, 3.05) is 11.9 Å². The molecule has 0 unspecified atom stereocenters. The fraction of sp³-hybridized carbons (Fsp3) is 0.267. The van der Waals surface area contributed by atoms with Crippen molar-refractivity contribution in [2.45, 2.75) is 19.4 Å². The molecule has 0 amide bonds. The van der Waals surface area contributed by atoms with Gasteiger partial charge in [-0.1, -0.05) is 35.9 Å². The standard InChI is InChI=1S/C15H18N2O/c1-12-5-4-6-13(9-12)10-14(11-18)17-15-7-2-3-8-16-15/h2-9,14,18H,10-11H2,1H3,(H,16,17)/t14-/m0/s1. The maximum absolute atomic E-state index is 9.43. The first-order chi connectivity index (χ1) is 8.78. The fourth-order valence-corrected chi connectivity index (χ4v) is 1.94. The second kappa shape index (κ2) is 6.17. The Bertz CT molecular complexity index is 485. The Kier molecular flexibility index (Phi) is 4.31. The molecule has 3 heteroatoms. The molecule has 94 valence electrons. The molecule has 2 rings (SSSR count). The van der Waals surface area contributed by atoms with E-state index < -0.39 is 0 Å². The lowest BCUT2D eigenvalue weighted by Crippen LogP contribution is -2.26. The third-order valence-corrected chi connectivity index (χ3v) is 2.80. The molecular formula is C15H18N2O. The van der Waals surface area contributed by atoms with Crippen LogP contribution in [0.25, 0.3) is 0 Å². The van der Waals surface area contributed by atoms with E-state index in [4.69, 9.17) is 0 Å². The third kappa shape index (κ3) is 3.57. The Morgan fingerprint density at radius 2 is 2.11 bits per heavy atom. The molecule has 0 bridgehead atoms. The van der Waals surface area contributed by atoms with Crippen LogP contribution in [0.4, 0.5) is 5.82 Å². The van der Waals surface area contributed by atoms with Gasteiger partial charge in [-0.2, -0.15) is 0 Å². The topological polar surface area (TPSA) is 45.1 Å². The lowest BCUT2D eigenvalue weighted by molar-refractivity contribution is 0.273. The van der Waals surface area contributed by atoms with Gasteiger partial charge in [0.2, 0.25) is 0 Å². The number of aromatic nitrogens is 1. The van der Waals surface area contributed by atoms with E-state index in [0.717, 1.165) is 12.2 Å². The molecule has 0 aliphatic carbocycles. The normalized spacial score (nSPS) is 12.1. The maximum Gasteiger partial charge on any atom is 0.126 e. The summed E-state index contributed by atoms with van der Waals surface area (Å²) in [4.78, 5) is 4.20. The van der Waals surface area contributed by atoms with Crippen LogP contribution in [-0.4, -0.2) is 22.7 Å². The highest BCUT2D eigenvalue weighted by Gasteiger charge is 2.08. The van der Waals surface area contributed by atoms with Gasteiger partial charge in [0.25, 0.3) is 0 Å². The van der Waals surface area contributed by atoms with Crippen LogP contribution in [0, 0.1) is 6.92 Å². The van der Waals surface area contributed by atoms with Crippen LogP contribution in [0.2, 0.25) is 0 Å². The summed E-state index contributed by atoms with van der Waals surface area (Å²) in [5.74, 6) is 0.796. The van der Waals surface area contributed by atoms with Crippen LogP contribution >= 0.6 is 0 Å². The van der Waals surface area contributed by atoms with Crippen molar-refractivity contribution in [3.05, 3.63) is 59.8 Å². The first-order valence-electron chi connectivity index (χ1n) is 6.12. The first-order valence-corrected chi connectivity index (χ1v) is 6.12. The smallest absolute Gasteiger partial charge is 0.126 e. The number of hydrogen-bond donors (Lipinski definition) is 2. The van der Waals surface area contributed by atoms with Gasteiger partial charge in [-0.15, -0.1) is 0 Å². The maximum atomic E-state index is 9.43. The SMILES string of the molecule is Cc1cccc(C[C@@H](CO)Nc2ccccn2)c1. The van der Waals surface area contributed by atoms with E-state index in [0.29, 0.717) is 0 Å². The van der Waals surface area contributed by atoms with Crippen LogP contribution in [0.5, 0.6) is 0 Å². The third-order valence-electron chi connectivity index (χ3n) is 2.80. The molecule has 2 aromatic rings. The van der Waals surface area contributed by atoms with Crippen LogP contribution in [-0.2, 0) is 6.42 Å². The van der Waals surface area contributed by atoms with Gasteiger partial charge in [-0.3, -0.25) is 0 Å². The van der Waals surface area contributed by atoms with Crippen molar-refractivity contribution in [3.63, 3.8) is 0 Å². The lowest BCUT2D eigenvalue weighted by atomic mass is 10.0. The van der Waals surface area contributed by atoms with E-state index in [9.17, 15) is 5.11 Å². The van der Waals surface area contributed by atoms with Gasteiger partial charge in [0.15, 0.2) is 0 Å².